The first-order chi connectivity index (χ1) is 12.6. The molecule has 1 saturated heterocycles. The normalized spacial score (nSPS) is 19.2. The Labute approximate surface area is 157 Å². The summed E-state index contributed by atoms with van der Waals surface area (Å²) in [5.41, 5.74) is 1.20. The minimum atomic E-state index is 0.0607. The second-order valence-corrected chi connectivity index (χ2v) is 7.93. The van der Waals surface area contributed by atoms with Gasteiger partial charge in [0.25, 0.3) is 0 Å². The van der Waals surface area contributed by atoms with Crippen molar-refractivity contribution in [3.8, 4) is 0 Å². The molecule has 26 heavy (non-hydrogen) atoms. The van der Waals surface area contributed by atoms with Crippen LogP contribution in [-0.4, -0.2) is 40.7 Å². The molecule has 0 N–H and O–H groups in total. The molecule has 0 radical (unpaired) electrons. The van der Waals surface area contributed by atoms with E-state index >= 15 is 0 Å². The van der Waals surface area contributed by atoms with Crippen LogP contribution >= 0.6 is 0 Å². The lowest BCUT2D eigenvalue weighted by atomic mass is 9.93. The van der Waals surface area contributed by atoms with Gasteiger partial charge in [0.1, 0.15) is 0 Å². The van der Waals surface area contributed by atoms with Crippen LogP contribution in [0.1, 0.15) is 57.9 Å². The molecule has 4 nitrogen and oxygen atoms in total. The van der Waals surface area contributed by atoms with Crippen molar-refractivity contribution in [3.63, 3.8) is 0 Å². The van der Waals surface area contributed by atoms with Crippen molar-refractivity contribution in [2.75, 3.05) is 13.1 Å². The molecule has 1 unspecified atom stereocenters. The van der Waals surface area contributed by atoms with E-state index in [0.717, 1.165) is 32.4 Å². The molecule has 1 aliphatic heterocycles. The SMILES string of the molecule is CCCC(=O)N1CCC(C(=O)N(Cc2ccccc2)C(C)C2CC2)CC1. The Hall–Kier alpha value is -1.84. The first-order valence-electron chi connectivity index (χ1n) is 10.2. The molecule has 1 aliphatic carbocycles. The van der Waals surface area contributed by atoms with Crippen molar-refractivity contribution < 1.29 is 9.59 Å². The summed E-state index contributed by atoms with van der Waals surface area (Å²) >= 11 is 0. The topological polar surface area (TPSA) is 40.6 Å². The number of rotatable bonds is 7. The van der Waals surface area contributed by atoms with Gasteiger partial charge in [0.05, 0.1) is 0 Å². The van der Waals surface area contributed by atoms with E-state index in [-0.39, 0.29) is 17.7 Å². The highest BCUT2D eigenvalue weighted by molar-refractivity contribution is 5.80. The number of hydrogen-bond acceptors (Lipinski definition) is 2. The fourth-order valence-corrected chi connectivity index (χ4v) is 4.02. The number of carbonyl (C=O) groups is 2. The Morgan fingerprint density at radius 2 is 1.77 bits per heavy atom. The zero-order chi connectivity index (χ0) is 18.5. The third-order valence-electron chi connectivity index (χ3n) is 5.94. The van der Waals surface area contributed by atoms with Gasteiger partial charge in [-0.25, -0.2) is 0 Å². The molecule has 2 fully saturated rings. The largest absolute Gasteiger partial charge is 0.343 e. The van der Waals surface area contributed by atoms with Gasteiger partial charge in [-0.15, -0.1) is 0 Å². The van der Waals surface area contributed by atoms with E-state index in [1.165, 1.54) is 18.4 Å². The third-order valence-corrected chi connectivity index (χ3v) is 5.94. The van der Waals surface area contributed by atoms with E-state index in [1.807, 2.05) is 30.0 Å². The summed E-state index contributed by atoms with van der Waals surface area (Å²) in [4.78, 5) is 29.4. The Balaban J connectivity index is 1.63. The highest BCUT2D eigenvalue weighted by Gasteiger charge is 2.37. The zero-order valence-corrected chi connectivity index (χ0v) is 16.2. The van der Waals surface area contributed by atoms with Crippen LogP contribution in [0.25, 0.3) is 0 Å². The lowest BCUT2D eigenvalue weighted by Crippen LogP contribution is -2.47. The summed E-state index contributed by atoms with van der Waals surface area (Å²) < 4.78 is 0. The predicted molar refractivity (Wildman–Crippen MR) is 103 cm³/mol. The minimum Gasteiger partial charge on any atom is -0.343 e. The molecule has 0 bridgehead atoms. The Morgan fingerprint density at radius 1 is 1.12 bits per heavy atom. The van der Waals surface area contributed by atoms with E-state index in [0.29, 0.717) is 24.9 Å². The Kier molecular flexibility index (Phi) is 6.33. The summed E-state index contributed by atoms with van der Waals surface area (Å²) in [6, 6.07) is 10.6. The van der Waals surface area contributed by atoms with Gasteiger partial charge in [0, 0.05) is 38.0 Å². The highest BCUT2D eigenvalue weighted by atomic mass is 16.2. The van der Waals surface area contributed by atoms with Crippen molar-refractivity contribution in [3.05, 3.63) is 35.9 Å². The summed E-state index contributed by atoms with van der Waals surface area (Å²) in [6.07, 6.45) is 5.60. The van der Waals surface area contributed by atoms with E-state index < -0.39 is 0 Å². The molecule has 2 amide bonds. The van der Waals surface area contributed by atoms with Crippen LogP contribution in [0.2, 0.25) is 0 Å². The predicted octanol–water partition coefficient (Wildman–Crippen LogP) is 3.85. The standard InChI is InChI=1S/C22H32N2O2/c1-3-7-21(25)23-14-12-20(13-15-23)22(26)24(17(2)19-10-11-19)16-18-8-5-4-6-9-18/h4-6,8-9,17,19-20H,3,7,10-16H2,1-2H3. The second-order valence-electron chi connectivity index (χ2n) is 7.93. The van der Waals surface area contributed by atoms with Gasteiger partial charge >= 0.3 is 0 Å². The van der Waals surface area contributed by atoms with Crippen molar-refractivity contribution in [1.29, 1.82) is 0 Å². The first kappa shape index (κ1) is 18.9. The summed E-state index contributed by atoms with van der Waals surface area (Å²) in [7, 11) is 0. The molecule has 3 rings (SSSR count). The van der Waals surface area contributed by atoms with Crippen LogP contribution < -0.4 is 0 Å². The first-order valence-corrected chi connectivity index (χ1v) is 10.2. The average molecular weight is 357 g/mol. The number of carbonyl (C=O) groups excluding carboxylic acids is 2. The van der Waals surface area contributed by atoms with E-state index in [4.69, 9.17) is 0 Å². The van der Waals surface area contributed by atoms with E-state index in [9.17, 15) is 9.59 Å². The Morgan fingerprint density at radius 3 is 2.35 bits per heavy atom. The average Bonchev–Trinajstić information content (AvgIpc) is 3.51. The molecule has 1 atom stereocenters. The van der Waals surface area contributed by atoms with Gasteiger partial charge < -0.3 is 9.80 Å². The molecule has 1 aromatic rings. The van der Waals surface area contributed by atoms with Gasteiger partial charge in [0.2, 0.25) is 11.8 Å². The molecular weight excluding hydrogens is 324 g/mol. The molecule has 0 spiro atoms. The van der Waals surface area contributed by atoms with Crippen LogP contribution in [-0.2, 0) is 16.1 Å². The molecule has 2 aliphatic rings. The number of likely N-dealkylation sites (tertiary alicyclic amines) is 1. The number of amides is 2. The van der Waals surface area contributed by atoms with Crippen molar-refractivity contribution in [2.24, 2.45) is 11.8 Å². The third kappa shape index (κ3) is 4.66. The summed E-state index contributed by atoms with van der Waals surface area (Å²) in [5, 5.41) is 0. The van der Waals surface area contributed by atoms with Crippen molar-refractivity contribution >= 4 is 11.8 Å². The van der Waals surface area contributed by atoms with Crippen molar-refractivity contribution in [1.82, 2.24) is 9.80 Å². The maximum absolute atomic E-state index is 13.3. The van der Waals surface area contributed by atoms with Gasteiger partial charge in [-0.3, -0.25) is 9.59 Å². The van der Waals surface area contributed by atoms with Crippen LogP contribution in [0.5, 0.6) is 0 Å². The zero-order valence-electron chi connectivity index (χ0n) is 16.2. The smallest absolute Gasteiger partial charge is 0.226 e. The van der Waals surface area contributed by atoms with Gasteiger partial charge in [-0.1, -0.05) is 37.3 Å². The lowest BCUT2D eigenvalue weighted by Gasteiger charge is -2.37. The summed E-state index contributed by atoms with van der Waals surface area (Å²) in [5.74, 6) is 1.25. The number of benzene rings is 1. The minimum absolute atomic E-state index is 0.0607. The number of piperidine rings is 1. The maximum Gasteiger partial charge on any atom is 0.226 e. The van der Waals surface area contributed by atoms with Crippen LogP contribution in [0.15, 0.2) is 30.3 Å². The molecule has 1 saturated carbocycles. The van der Waals surface area contributed by atoms with Crippen LogP contribution in [0.3, 0.4) is 0 Å². The van der Waals surface area contributed by atoms with E-state index in [2.05, 4.69) is 24.0 Å². The number of hydrogen-bond donors (Lipinski definition) is 0. The highest BCUT2D eigenvalue weighted by Crippen LogP contribution is 2.36. The van der Waals surface area contributed by atoms with Gasteiger partial charge in [0.15, 0.2) is 0 Å². The fraction of sp³-hybridized carbons (Fsp3) is 0.636. The molecule has 142 valence electrons. The molecule has 1 aromatic carbocycles. The lowest BCUT2D eigenvalue weighted by molar-refractivity contribution is -0.143. The van der Waals surface area contributed by atoms with Gasteiger partial charge in [-0.2, -0.15) is 0 Å². The monoisotopic (exact) mass is 356 g/mol. The number of nitrogens with zero attached hydrogens (tertiary/aromatic N) is 2. The van der Waals surface area contributed by atoms with Gasteiger partial charge in [-0.05, 0) is 50.5 Å². The quantitative estimate of drug-likeness (QED) is 0.744. The second kappa shape index (κ2) is 8.70. The molecule has 1 heterocycles. The summed E-state index contributed by atoms with van der Waals surface area (Å²) in [6.45, 7) is 6.40. The molecule has 0 aromatic heterocycles. The van der Waals surface area contributed by atoms with E-state index in [1.54, 1.807) is 0 Å². The maximum atomic E-state index is 13.3. The Bertz CT molecular complexity index is 604. The van der Waals surface area contributed by atoms with Crippen LogP contribution in [0.4, 0.5) is 0 Å². The molecular formula is C22H32N2O2. The van der Waals surface area contributed by atoms with Crippen LogP contribution in [0, 0.1) is 11.8 Å². The molecule has 4 heteroatoms. The van der Waals surface area contributed by atoms with Crippen molar-refractivity contribution in [2.45, 2.75) is 65.0 Å². The fourth-order valence-electron chi connectivity index (χ4n) is 4.02.